The molecule has 116 valence electrons. The average Bonchev–Trinajstić information content (AvgIpc) is 2.36. The van der Waals surface area contributed by atoms with Crippen LogP contribution in [0.1, 0.15) is 13.3 Å². The first-order valence-electron chi connectivity index (χ1n) is 6.04. The second kappa shape index (κ2) is 6.08. The van der Waals surface area contributed by atoms with Crippen molar-refractivity contribution in [2.75, 3.05) is 18.2 Å². The van der Waals surface area contributed by atoms with E-state index < -0.39 is 37.4 Å². The SMILES string of the molecule is CCC(C(=O)O)N(C)c1cccc(S(C)(=O)=O)c1[N+](=O)[O-]. The highest BCUT2D eigenvalue weighted by molar-refractivity contribution is 7.90. The van der Waals surface area contributed by atoms with Crippen LogP contribution in [0.5, 0.6) is 0 Å². The van der Waals surface area contributed by atoms with Crippen molar-refractivity contribution in [3.05, 3.63) is 28.3 Å². The zero-order valence-corrected chi connectivity index (χ0v) is 12.6. The molecule has 0 aliphatic heterocycles. The Balaban J connectivity index is 3.57. The molecular weight excluding hydrogens is 300 g/mol. The van der Waals surface area contributed by atoms with E-state index in [0.717, 1.165) is 12.3 Å². The third-order valence-corrected chi connectivity index (χ3v) is 4.21. The minimum absolute atomic E-state index is 0.0443. The summed E-state index contributed by atoms with van der Waals surface area (Å²) in [6.07, 6.45) is 1.08. The van der Waals surface area contributed by atoms with Gasteiger partial charge in [0, 0.05) is 13.3 Å². The molecule has 0 heterocycles. The molecule has 1 aromatic carbocycles. The van der Waals surface area contributed by atoms with E-state index in [0.29, 0.717) is 0 Å². The Labute approximate surface area is 122 Å². The van der Waals surface area contributed by atoms with E-state index in [1.807, 2.05) is 0 Å². The summed E-state index contributed by atoms with van der Waals surface area (Å²) in [5.74, 6) is -1.14. The first-order chi connectivity index (χ1) is 9.61. The summed E-state index contributed by atoms with van der Waals surface area (Å²) in [6.45, 7) is 1.63. The number of hydrogen-bond donors (Lipinski definition) is 1. The van der Waals surface area contributed by atoms with Crippen LogP contribution < -0.4 is 4.90 Å². The van der Waals surface area contributed by atoms with Gasteiger partial charge >= 0.3 is 11.7 Å². The van der Waals surface area contributed by atoms with E-state index in [2.05, 4.69) is 0 Å². The fourth-order valence-corrected chi connectivity index (χ4v) is 2.92. The maximum atomic E-state index is 11.7. The highest BCUT2D eigenvalue weighted by Crippen LogP contribution is 2.35. The number of nitrogens with zero attached hydrogens (tertiary/aromatic N) is 2. The minimum atomic E-state index is -3.80. The van der Waals surface area contributed by atoms with Crippen molar-refractivity contribution in [3.8, 4) is 0 Å². The second-order valence-corrected chi connectivity index (χ2v) is 6.51. The Hall–Kier alpha value is -2.16. The Kier molecular flexibility index (Phi) is 4.89. The number of anilines is 1. The molecule has 9 heteroatoms. The molecule has 1 atom stereocenters. The molecule has 1 N–H and O–H groups in total. The summed E-state index contributed by atoms with van der Waals surface area (Å²) >= 11 is 0. The minimum Gasteiger partial charge on any atom is -0.480 e. The fraction of sp³-hybridized carbons (Fsp3) is 0.417. The molecular formula is C12H16N2O6S. The predicted octanol–water partition coefficient (Wildman–Crippen LogP) is 1.30. The van der Waals surface area contributed by atoms with Gasteiger partial charge in [-0.2, -0.15) is 0 Å². The van der Waals surface area contributed by atoms with Crippen LogP contribution in [0.4, 0.5) is 11.4 Å². The van der Waals surface area contributed by atoms with Crippen molar-refractivity contribution in [2.24, 2.45) is 0 Å². The Morgan fingerprint density at radius 2 is 2.05 bits per heavy atom. The number of carbonyl (C=O) groups is 1. The highest BCUT2D eigenvalue weighted by atomic mass is 32.2. The van der Waals surface area contributed by atoms with E-state index in [4.69, 9.17) is 5.11 Å². The molecule has 0 bridgehead atoms. The van der Waals surface area contributed by atoms with Crippen molar-refractivity contribution in [1.82, 2.24) is 0 Å². The summed E-state index contributed by atoms with van der Waals surface area (Å²) in [6, 6.07) is 2.83. The number of aliphatic carboxylic acids is 1. The van der Waals surface area contributed by atoms with E-state index >= 15 is 0 Å². The molecule has 0 aliphatic carbocycles. The molecule has 0 aromatic heterocycles. The number of hydrogen-bond acceptors (Lipinski definition) is 6. The maximum absolute atomic E-state index is 11.7. The number of carboxylic acids is 1. The molecule has 0 aliphatic rings. The number of para-hydroxylation sites is 1. The van der Waals surface area contributed by atoms with Crippen molar-refractivity contribution in [3.63, 3.8) is 0 Å². The van der Waals surface area contributed by atoms with Crippen LogP contribution in [-0.2, 0) is 14.6 Å². The number of benzene rings is 1. The normalized spacial score (nSPS) is 12.7. The van der Waals surface area contributed by atoms with Crippen molar-refractivity contribution in [2.45, 2.75) is 24.3 Å². The molecule has 0 saturated carbocycles. The zero-order chi connectivity index (χ0) is 16.4. The third-order valence-electron chi connectivity index (χ3n) is 3.08. The van der Waals surface area contributed by atoms with Crippen LogP contribution >= 0.6 is 0 Å². The lowest BCUT2D eigenvalue weighted by molar-refractivity contribution is -0.387. The van der Waals surface area contributed by atoms with E-state index in [1.54, 1.807) is 6.92 Å². The van der Waals surface area contributed by atoms with Gasteiger partial charge in [-0.1, -0.05) is 13.0 Å². The predicted molar refractivity (Wildman–Crippen MR) is 76.3 cm³/mol. The molecule has 1 unspecified atom stereocenters. The molecule has 0 amide bonds. The maximum Gasteiger partial charge on any atom is 0.326 e. The van der Waals surface area contributed by atoms with Crippen molar-refractivity contribution in [1.29, 1.82) is 0 Å². The van der Waals surface area contributed by atoms with Gasteiger partial charge in [-0.15, -0.1) is 0 Å². The third kappa shape index (κ3) is 3.48. The molecule has 1 rings (SSSR count). The second-order valence-electron chi connectivity index (χ2n) is 4.53. The van der Waals surface area contributed by atoms with E-state index in [-0.39, 0.29) is 12.1 Å². The molecule has 21 heavy (non-hydrogen) atoms. The standard InChI is InChI=1S/C12H16N2O6S/c1-4-8(12(15)16)13(2)9-6-5-7-10(21(3,19)20)11(9)14(17)18/h5-8H,4H2,1-3H3,(H,15,16). The van der Waals surface area contributed by atoms with Crippen molar-refractivity contribution >= 4 is 27.2 Å². The van der Waals surface area contributed by atoms with Crippen LogP contribution in [-0.4, -0.2) is 43.8 Å². The first kappa shape index (κ1) is 16.9. The van der Waals surface area contributed by atoms with E-state index in [9.17, 15) is 23.3 Å². The smallest absolute Gasteiger partial charge is 0.326 e. The summed E-state index contributed by atoms with van der Waals surface area (Å²) in [5.41, 5.74) is -0.653. The monoisotopic (exact) mass is 316 g/mol. The van der Waals surface area contributed by atoms with Crippen molar-refractivity contribution < 1.29 is 23.2 Å². The fourth-order valence-electron chi connectivity index (χ4n) is 2.06. The summed E-state index contributed by atoms with van der Waals surface area (Å²) < 4.78 is 23.3. The summed E-state index contributed by atoms with van der Waals surface area (Å²) in [4.78, 5) is 22.4. The van der Waals surface area contributed by atoms with Crippen LogP contribution in [0, 0.1) is 10.1 Å². The van der Waals surface area contributed by atoms with Gasteiger partial charge in [0.2, 0.25) is 0 Å². The summed E-state index contributed by atoms with van der Waals surface area (Å²) in [5, 5.41) is 20.4. The molecule has 0 saturated heterocycles. The molecule has 0 radical (unpaired) electrons. The Bertz CT molecular complexity index is 670. The van der Waals surface area contributed by atoms with Gasteiger partial charge in [0.1, 0.15) is 16.6 Å². The van der Waals surface area contributed by atoms with Crippen LogP contribution in [0.3, 0.4) is 0 Å². The lowest BCUT2D eigenvalue weighted by atomic mass is 10.1. The number of carboxylic acid groups (broad SMARTS) is 1. The summed E-state index contributed by atoms with van der Waals surface area (Å²) in [7, 11) is -2.42. The van der Waals surface area contributed by atoms with E-state index in [1.165, 1.54) is 24.1 Å². The Morgan fingerprint density at radius 1 is 1.48 bits per heavy atom. The topological polar surface area (TPSA) is 118 Å². The van der Waals surface area contributed by atoms with Crippen LogP contribution in [0.15, 0.2) is 23.1 Å². The van der Waals surface area contributed by atoms with Gasteiger partial charge in [0.05, 0.1) is 4.92 Å². The van der Waals surface area contributed by atoms with Gasteiger partial charge in [-0.25, -0.2) is 13.2 Å². The quantitative estimate of drug-likeness (QED) is 0.620. The lowest BCUT2D eigenvalue weighted by Gasteiger charge is -2.25. The molecule has 8 nitrogen and oxygen atoms in total. The number of likely N-dealkylation sites (N-methyl/N-ethyl adjacent to an activating group) is 1. The largest absolute Gasteiger partial charge is 0.480 e. The first-order valence-corrected chi connectivity index (χ1v) is 7.93. The zero-order valence-electron chi connectivity index (χ0n) is 11.8. The lowest BCUT2D eigenvalue weighted by Crippen LogP contribution is -2.38. The van der Waals surface area contributed by atoms with Gasteiger partial charge in [-0.3, -0.25) is 10.1 Å². The Morgan fingerprint density at radius 3 is 2.43 bits per heavy atom. The molecule has 1 aromatic rings. The van der Waals surface area contributed by atoms with Gasteiger partial charge < -0.3 is 10.0 Å². The molecule has 0 spiro atoms. The number of sulfone groups is 1. The van der Waals surface area contributed by atoms with Gasteiger partial charge in [0.15, 0.2) is 9.84 Å². The van der Waals surface area contributed by atoms with Crippen LogP contribution in [0.2, 0.25) is 0 Å². The number of nitro groups is 1. The average molecular weight is 316 g/mol. The number of rotatable bonds is 6. The van der Waals surface area contributed by atoms with Gasteiger partial charge in [-0.05, 0) is 18.6 Å². The van der Waals surface area contributed by atoms with Crippen LogP contribution in [0.25, 0.3) is 0 Å². The van der Waals surface area contributed by atoms with Gasteiger partial charge in [0.25, 0.3) is 0 Å². The number of nitro benzene ring substituents is 1. The highest BCUT2D eigenvalue weighted by Gasteiger charge is 2.31. The molecule has 0 fully saturated rings.